The van der Waals surface area contributed by atoms with E-state index >= 15 is 0 Å². The first-order valence-corrected chi connectivity index (χ1v) is 3.28. The highest BCUT2D eigenvalue weighted by atomic mass is 16.4. The molecule has 58 valence electrons. The second kappa shape index (κ2) is 4.04. The van der Waals surface area contributed by atoms with Crippen LogP contribution in [0, 0.1) is 5.92 Å². The average molecular weight is 143 g/mol. The Balaban J connectivity index is 3.50. The van der Waals surface area contributed by atoms with Gasteiger partial charge in [-0.05, 0) is 12.3 Å². The van der Waals surface area contributed by atoms with Crippen molar-refractivity contribution >= 4 is 11.8 Å². The van der Waals surface area contributed by atoms with Crippen molar-refractivity contribution in [2.45, 2.75) is 26.7 Å². The second-order valence-electron chi connectivity index (χ2n) is 2.64. The quantitative estimate of drug-likeness (QED) is 0.509. The van der Waals surface area contributed by atoms with Crippen LogP contribution in [0.3, 0.4) is 0 Å². The Labute approximate surface area is 60.0 Å². The van der Waals surface area contributed by atoms with E-state index in [-0.39, 0.29) is 6.42 Å². The fraction of sp³-hybridized carbons (Fsp3) is 0.714. The summed E-state index contributed by atoms with van der Waals surface area (Å²) in [5.41, 5.74) is 0. The molecular formula is C7H11O3-. The summed E-state index contributed by atoms with van der Waals surface area (Å²) in [4.78, 5) is 20.2. The molecular weight excluding hydrogens is 132 g/mol. The maximum Gasteiger partial charge on any atom is 0.178 e. The highest BCUT2D eigenvalue weighted by Crippen LogP contribution is 2.02. The molecule has 0 radical (unpaired) electrons. The SMILES string of the molecule is CC(C)CCC(=O)C(=O)[O-]. The molecule has 0 aromatic carbocycles. The van der Waals surface area contributed by atoms with E-state index in [4.69, 9.17) is 0 Å². The molecule has 0 spiro atoms. The number of hydrogen-bond acceptors (Lipinski definition) is 3. The molecule has 0 amide bonds. The van der Waals surface area contributed by atoms with Gasteiger partial charge in [0.1, 0.15) is 5.97 Å². The number of carboxylic acids is 1. The summed E-state index contributed by atoms with van der Waals surface area (Å²) in [6, 6.07) is 0. The number of carbonyl (C=O) groups excluding carboxylic acids is 2. The van der Waals surface area contributed by atoms with Crippen LogP contribution in [-0.2, 0) is 9.59 Å². The molecule has 0 aromatic rings. The largest absolute Gasteiger partial charge is 0.542 e. The maximum atomic E-state index is 10.4. The molecule has 0 rings (SSSR count). The lowest BCUT2D eigenvalue weighted by molar-refractivity contribution is -0.300. The summed E-state index contributed by atoms with van der Waals surface area (Å²) < 4.78 is 0. The number of hydrogen-bond donors (Lipinski definition) is 0. The topological polar surface area (TPSA) is 57.2 Å². The second-order valence-corrected chi connectivity index (χ2v) is 2.64. The Morgan fingerprint density at radius 1 is 1.40 bits per heavy atom. The Bertz CT molecular complexity index is 138. The van der Waals surface area contributed by atoms with Crippen LogP contribution in [0.15, 0.2) is 0 Å². The maximum absolute atomic E-state index is 10.4. The molecule has 0 atom stereocenters. The standard InChI is InChI=1S/C7H12O3/c1-5(2)3-4-6(8)7(9)10/h5H,3-4H2,1-2H3,(H,9,10)/p-1. The van der Waals surface area contributed by atoms with E-state index in [1.165, 1.54) is 0 Å². The minimum Gasteiger partial charge on any atom is -0.542 e. The monoisotopic (exact) mass is 143 g/mol. The lowest BCUT2D eigenvalue weighted by Crippen LogP contribution is -2.31. The molecule has 0 aromatic heterocycles. The number of aliphatic carboxylic acids is 1. The van der Waals surface area contributed by atoms with Gasteiger partial charge in [-0.2, -0.15) is 0 Å². The van der Waals surface area contributed by atoms with Crippen LogP contribution in [0.5, 0.6) is 0 Å². The van der Waals surface area contributed by atoms with Crippen molar-refractivity contribution in [3.63, 3.8) is 0 Å². The first kappa shape index (κ1) is 9.14. The number of carbonyl (C=O) groups is 2. The predicted molar refractivity (Wildman–Crippen MR) is 34.1 cm³/mol. The molecule has 0 aliphatic rings. The van der Waals surface area contributed by atoms with Gasteiger partial charge in [-0.15, -0.1) is 0 Å². The summed E-state index contributed by atoms with van der Waals surface area (Å²) in [6.07, 6.45) is 0.715. The van der Waals surface area contributed by atoms with Gasteiger partial charge in [0, 0.05) is 6.42 Å². The van der Waals surface area contributed by atoms with E-state index < -0.39 is 11.8 Å². The number of rotatable bonds is 4. The summed E-state index contributed by atoms with van der Waals surface area (Å²) in [7, 11) is 0. The van der Waals surface area contributed by atoms with Gasteiger partial charge in [-0.25, -0.2) is 0 Å². The molecule has 0 aliphatic heterocycles. The van der Waals surface area contributed by atoms with Crippen LogP contribution in [-0.4, -0.2) is 11.8 Å². The minimum absolute atomic E-state index is 0.0972. The molecule has 0 fully saturated rings. The lowest BCUT2D eigenvalue weighted by atomic mass is 10.1. The van der Waals surface area contributed by atoms with Crippen LogP contribution in [0.1, 0.15) is 26.7 Å². The number of Topliss-reactive ketones (excluding diaryl/α,β-unsaturated/α-hetero) is 1. The number of carboxylic acid groups (broad SMARTS) is 1. The van der Waals surface area contributed by atoms with E-state index in [2.05, 4.69) is 0 Å². The van der Waals surface area contributed by atoms with E-state index in [9.17, 15) is 14.7 Å². The third-order valence-corrected chi connectivity index (χ3v) is 1.18. The Morgan fingerprint density at radius 2 is 1.90 bits per heavy atom. The summed E-state index contributed by atoms with van der Waals surface area (Å²) in [6.45, 7) is 3.87. The minimum atomic E-state index is -1.57. The zero-order chi connectivity index (χ0) is 8.15. The highest BCUT2D eigenvalue weighted by molar-refractivity contribution is 6.31. The van der Waals surface area contributed by atoms with Gasteiger partial charge in [-0.1, -0.05) is 13.8 Å². The van der Waals surface area contributed by atoms with Gasteiger partial charge < -0.3 is 9.90 Å². The van der Waals surface area contributed by atoms with Crippen molar-refractivity contribution in [1.82, 2.24) is 0 Å². The average Bonchev–Trinajstić information content (AvgIpc) is 1.82. The van der Waals surface area contributed by atoms with Crippen molar-refractivity contribution in [2.24, 2.45) is 5.92 Å². The van der Waals surface area contributed by atoms with Crippen molar-refractivity contribution in [3.05, 3.63) is 0 Å². The van der Waals surface area contributed by atoms with E-state index in [1.807, 2.05) is 13.8 Å². The van der Waals surface area contributed by atoms with Gasteiger partial charge in [0.05, 0.1) is 0 Å². The molecule has 0 aliphatic carbocycles. The third kappa shape index (κ3) is 4.06. The molecule has 3 nitrogen and oxygen atoms in total. The van der Waals surface area contributed by atoms with Gasteiger partial charge in [-0.3, -0.25) is 4.79 Å². The van der Waals surface area contributed by atoms with Crippen LogP contribution in [0.2, 0.25) is 0 Å². The normalized spacial score (nSPS) is 9.90. The molecule has 0 saturated carbocycles. The van der Waals surface area contributed by atoms with Gasteiger partial charge in [0.2, 0.25) is 0 Å². The number of ketones is 1. The Hall–Kier alpha value is -0.860. The fourth-order valence-corrected chi connectivity index (χ4v) is 0.522. The van der Waals surface area contributed by atoms with Crippen molar-refractivity contribution in [3.8, 4) is 0 Å². The van der Waals surface area contributed by atoms with Gasteiger partial charge in [0.25, 0.3) is 0 Å². The van der Waals surface area contributed by atoms with Crippen molar-refractivity contribution in [2.75, 3.05) is 0 Å². The molecule has 10 heavy (non-hydrogen) atoms. The molecule has 0 heterocycles. The molecule has 0 unspecified atom stereocenters. The molecule has 0 saturated heterocycles. The predicted octanol–water partition coefficient (Wildman–Crippen LogP) is -0.258. The zero-order valence-electron chi connectivity index (χ0n) is 6.22. The van der Waals surface area contributed by atoms with E-state index in [0.717, 1.165) is 0 Å². The zero-order valence-corrected chi connectivity index (χ0v) is 6.22. The summed E-state index contributed by atoms with van der Waals surface area (Å²) >= 11 is 0. The van der Waals surface area contributed by atoms with E-state index in [1.54, 1.807) is 0 Å². The van der Waals surface area contributed by atoms with Crippen LogP contribution < -0.4 is 5.11 Å². The highest BCUT2D eigenvalue weighted by Gasteiger charge is 2.03. The molecule has 0 N–H and O–H groups in total. The first-order valence-electron chi connectivity index (χ1n) is 3.28. The lowest BCUT2D eigenvalue weighted by Gasteiger charge is -2.02. The van der Waals surface area contributed by atoms with E-state index in [0.29, 0.717) is 12.3 Å². The van der Waals surface area contributed by atoms with Crippen molar-refractivity contribution in [1.29, 1.82) is 0 Å². The summed E-state index contributed by atoms with van der Waals surface area (Å²) in [5, 5.41) is 9.85. The smallest absolute Gasteiger partial charge is 0.178 e. The Kier molecular flexibility index (Phi) is 3.69. The first-order chi connectivity index (χ1) is 4.54. The Morgan fingerprint density at radius 3 is 2.20 bits per heavy atom. The van der Waals surface area contributed by atoms with Gasteiger partial charge in [0.15, 0.2) is 5.78 Å². The summed E-state index contributed by atoms with van der Waals surface area (Å²) in [5.74, 6) is -2.00. The van der Waals surface area contributed by atoms with Crippen LogP contribution in [0.4, 0.5) is 0 Å². The van der Waals surface area contributed by atoms with Crippen LogP contribution in [0.25, 0.3) is 0 Å². The molecule has 0 bridgehead atoms. The van der Waals surface area contributed by atoms with Crippen molar-refractivity contribution < 1.29 is 14.7 Å². The molecule has 3 heteroatoms. The van der Waals surface area contributed by atoms with Gasteiger partial charge >= 0.3 is 0 Å². The fourth-order valence-electron chi connectivity index (χ4n) is 0.522. The van der Waals surface area contributed by atoms with Crippen LogP contribution >= 0.6 is 0 Å². The third-order valence-electron chi connectivity index (χ3n) is 1.18.